The Kier molecular flexibility index (Phi) is 9.85. The zero-order valence-corrected chi connectivity index (χ0v) is 34.6. The third kappa shape index (κ3) is 7.36. The molecule has 0 amide bonds. The number of hydrogen-bond donors (Lipinski definition) is 0. The molecule has 0 unspecified atom stereocenters. The van der Waals surface area contributed by atoms with E-state index in [0.717, 1.165) is 100.0 Å². The lowest BCUT2D eigenvalue weighted by Crippen LogP contribution is -1.96. The molecule has 5 nitrogen and oxygen atoms in total. The van der Waals surface area contributed by atoms with Crippen molar-refractivity contribution in [3.05, 3.63) is 230 Å². The molecular formula is C59H37N5. The SMILES string of the molecule is N#Cc1cc(-c2ccc(-c3cc(-c4cccc5ccccc45)nc(-c4ccccc4)n3)cc2)ccc1-c1ccc(-c2cc(-c3cccc4ccccc34)nc(-c3ccccc3)n2)cc1. The van der Waals surface area contributed by atoms with Crippen LogP contribution in [0.5, 0.6) is 0 Å². The second kappa shape index (κ2) is 16.5. The molecule has 5 heteroatoms. The van der Waals surface area contributed by atoms with E-state index < -0.39 is 0 Å². The van der Waals surface area contributed by atoms with Gasteiger partial charge < -0.3 is 0 Å². The zero-order chi connectivity index (χ0) is 42.8. The number of hydrogen-bond acceptors (Lipinski definition) is 5. The van der Waals surface area contributed by atoms with Gasteiger partial charge in [-0.15, -0.1) is 0 Å². The van der Waals surface area contributed by atoms with Crippen molar-refractivity contribution in [2.75, 3.05) is 0 Å². The minimum Gasteiger partial charge on any atom is -0.228 e. The lowest BCUT2D eigenvalue weighted by molar-refractivity contribution is 1.18. The Labute approximate surface area is 371 Å². The molecule has 11 aromatic rings. The van der Waals surface area contributed by atoms with Gasteiger partial charge in [-0.3, -0.25) is 0 Å². The second-order valence-corrected chi connectivity index (χ2v) is 15.7. The van der Waals surface area contributed by atoms with Crippen molar-refractivity contribution in [3.8, 4) is 96.1 Å². The standard InChI is InChI=1S/C59H37N5/c60-38-48-35-47(39-25-29-43(30-26-39)54-36-56(63-58(61-54)45-15-3-1-4-16-45)52-23-11-19-40-13-7-9-21-50(40)52)33-34-49(48)42-27-31-44(32-28-42)55-37-57(64-59(62-55)46-17-5-2-6-18-46)53-24-12-20-41-14-8-10-22-51(41)53/h1-37H. The van der Waals surface area contributed by atoms with Crippen molar-refractivity contribution in [1.82, 2.24) is 19.9 Å². The molecule has 0 aliphatic heterocycles. The summed E-state index contributed by atoms with van der Waals surface area (Å²) in [7, 11) is 0. The first kappa shape index (κ1) is 38.1. The van der Waals surface area contributed by atoms with Gasteiger partial charge in [0.2, 0.25) is 0 Å². The zero-order valence-electron chi connectivity index (χ0n) is 34.6. The van der Waals surface area contributed by atoms with Crippen LogP contribution < -0.4 is 0 Å². The van der Waals surface area contributed by atoms with Crippen LogP contribution in [0.2, 0.25) is 0 Å². The maximum absolute atomic E-state index is 10.5. The molecule has 0 aliphatic rings. The van der Waals surface area contributed by atoms with E-state index in [0.29, 0.717) is 17.2 Å². The van der Waals surface area contributed by atoms with Gasteiger partial charge in [0.05, 0.1) is 34.4 Å². The number of benzene rings is 9. The average Bonchev–Trinajstić information content (AvgIpc) is 3.38. The highest BCUT2D eigenvalue weighted by Crippen LogP contribution is 2.36. The van der Waals surface area contributed by atoms with Gasteiger partial charge in [-0.25, -0.2) is 19.9 Å². The minimum absolute atomic E-state index is 0.601. The van der Waals surface area contributed by atoms with Crippen LogP contribution in [0.3, 0.4) is 0 Å². The number of nitriles is 1. The van der Waals surface area contributed by atoms with Crippen molar-refractivity contribution in [2.45, 2.75) is 0 Å². The summed E-state index contributed by atoms with van der Waals surface area (Å²) in [6, 6.07) is 79.1. The number of rotatable bonds is 8. The fourth-order valence-electron chi connectivity index (χ4n) is 8.52. The first-order valence-corrected chi connectivity index (χ1v) is 21.3. The summed E-state index contributed by atoms with van der Waals surface area (Å²) in [5.74, 6) is 1.34. The van der Waals surface area contributed by atoms with Crippen molar-refractivity contribution in [2.24, 2.45) is 0 Å². The van der Waals surface area contributed by atoms with Crippen LogP contribution in [0.25, 0.3) is 112 Å². The Morgan fingerprint density at radius 1 is 0.281 bits per heavy atom. The monoisotopic (exact) mass is 815 g/mol. The first-order valence-electron chi connectivity index (χ1n) is 21.3. The summed E-state index contributed by atoms with van der Waals surface area (Å²) < 4.78 is 0. The van der Waals surface area contributed by atoms with E-state index in [1.165, 1.54) is 0 Å². The van der Waals surface area contributed by atoms with Gasteiger partial charge in [0.25, 0.3) is 0 Å². The average molecular weight is 816 g/mol. The summed E-state index contributed by atoms with van der Waals surface area (Å²) in [4.78, 5) is 20.3. The molecule has 0 spiro atoms. The predicted octanol–water partition coefficient (Wildman–Crippen LogP) is 14.8. The molecule has 64 heavy (non-hydrogen) atoms. The van der Waals surface area contributed by atoms with Crippen molar-refractivity contribution in [3.63, 3.8) is 0 Å². The highest BCUT2D eigenvalue weighted by molar-refractivity contribution is 5.97. The molecule has 0 fully saturated rings. The molecule has 9 aromatic carbocycles. The molecule has 0 atom stereocenters. The Hall–Kier alpha value is -8.85. The molecule has 0 aliphatic carbocycles. The highest BCUT2D eigenvalue weighted by Gasteiger charge is 2.16. The molecule has 0 radical (unpaired) electrons. The summed E-state index contributed by atoms with van der Waals surface area (Å²) in [5.41, 5.74) is 13.7. The number of fused-ring (bicyclic) bond motifs is 2. The van der Waals surface area contributed by atoms with Gasteiger partial charge in [0.1, 0.15) is 0 Å². The Balaban J connectivity index is 0.906. The van der Waals surface area contributed by atoms with Crippen LogP contribution in [-0.4, -0.2) is 19.9 Å². The van der Waals surface area contributed by atoms with Gasteiger partial charge in [-0.2, -0.15) is 5.26 Å². The maximum atomic E-state index is 10.5. The van der Waals surface area contributed by atoms with E-state index in [-0.39, 0.29) is 0 Å². The second-order valence-electron chi connectivity index (χ2n) is 15.7. The van der Waals surface area contributed by atoms with Gasteiger partial charge in [-0.1, -0.05) is 206 Å². The first-order chi connectivity index (χ1) is 31.6. The van der Waals surface area contributed by atoms with Crippen LogP contribution in [0, 0.1) is 11.3 Å². The molecule has 0 bridgehead atoms. The van der Waals surface area contributed by atoms with E-state index in [4.69, 9.17) is 19.9 Å². The van der Waals surface area contributed by atoms with Gasteiger partial charge >= 0.3 is 0 Å². The maximum Gasteiger partial charge on any atom is 0.160 e. The lowest BCUT2D eigenvalue weighted by Gasteiger charge is -2.13. The van der Waals surface area contributed by atoms with Crippen LogP contribution in [0.4, 0.5) is 0 Å². The van der Waals surface area contributed by atoms with Crippen LogP contribution in [0.15, 0.2) is 224 Å². The third-order valence-electron chi connectivity index (χ3n) is 11.8. The highest BCUT2D eigenvalue weighted by atomic mass is 14.9. The fraction of sp³-hybridized carbons (Fsp3) is 0. The normalized spacial score (nSPS) is 11.1. The lowest BCUT2D eigenvalue weighted by atomic mass is 9.94. The van der Waals surface area contributed by atoms with Crippen molar-refractivity contribution in [1.29, 1.82) is 5.26 Å². The van der Waals surface area contributed by atoms with E-state index in [1.807, 2.05) is 72.8 Å². The topological polar surface area (TPSA) is 75.3 Å². The quantitative estimate of drug-likeness (QED) is 0.153. The largest absolute Gasteiger partial charge is 0.228 e. The summed E-state index contributed by atoms with van der Waals surface area (Å²) >= 11 is 0. The third-order valence-corrected chi connectivity index (χ3v) is 11.8. The molecule has 0 saturated carbocycles. The fourth-order valence-corrected chi connectivity index (χ4v) is 8.52. The van der Waals surface area contributed by atoms with Gasteiger partial charge in [0.15, 0.2) is 11.6 Å². The molecule has 2 aromatic heterocycles. The van der Waals surface area contributed by atoms with Gasteiger partial charge in [-0.05, 0) is 62.0 Å². The van der Waals surface area contributed by atoms with Crippen molar-refractivity contribution < 1.29 is 0 Å². The Morgan fingerprint density at radius 2 is 0.688 bits per heavy atom. The van der Waals surface area contributed by atoms with E-state index in [1.54, 1.807) is 0 Å². The van der Waals surface area contributed by atoms with E-state index in [9.17, 15) is 5.26 Å². The molecule has 2 heterocycles. The van der Waals surface area contributed by atoms with Gasteiger partial charge in [0, 0.05) is 33.4 Å². The van der Waals surface area contributed by atoms with Crippen LogP contribution in [-0.2, 0) is 0 Å². The number of nitrogens with zero attached hydrogens (tertiary/aromatic N) is 5. The predicted molar refractivity (Wildman–Crippen MR) is 261 cm³/mol. The Morgan fingerprint density at radius 3 is 1.19 bits per heavy atom. The molecule has 11 rings (SSSR count). The van der Waals surface area contributed by atoms with Crippen molar-refractivity contribution >= 4 is 21.5 Å². The van der Waals surface area contributed by atoms with Crippen LogP contribution >= 0.6 is 0 Å². The van der Waals surface area contributed by atoms with Crippen LogP contribution in [0.1, 0.15) is 5.56 Å². The molecule has 0 saturated heterocycles. The number of aromatic nitrogens is 4. The van der Waals surface area contributed by atoms with E-state index in [2.05, 4.69) is 158 Å². The molecular weight excluding hydrogens is 779 g/mol. The molecule has 0 N–H and O–H groups in total. The summed E-state index contributed by atoms with van der Waals surface area (Å²) in [5, 5.41) is 15.1. The smallest absolute Gasteiger partial charge is 0.160 e. The molecule has 298 valence electrons. The minimum atomic E-state index is 0.601. The van der Waals surface area contributed by atoms with E-state index >= 15 is 0 Å². The Bertz CT molecular complexity index is 3530. The summed E-state index contributed by atoms with van der Waals surface area (Å²) in [6.07, 6.45) is 0. The summed E-state index contributed by atoms with van der Waals surface area (Å²) in [6.45, 7) is 0.